The van der Waals surface area contributed by atoms with Crippen molar-refractivity contribution in [2.45, 2.75) is 44.6 Å². The fourth-order valence-corrected chi connectivity index (χ4v) is 3.98. The highest BCUT2D eigenvalue weighted by Gasteiger charge is 2.45. The minimum absolute atomic E-state index is 0.248. The Hall–Kier alpha value is -1.35. The Kier molecular flexibility index (Phi) is 3.78. The van der Waals surface area contributed by atoms with Crippen LogP contribution < -0.4 is 4.74 Å². The van der Waals surface area contributed by atoms with Gasteiger partial charge in [-0.25, -0.2) is 0 Å². The van der Waals surface area contributed by atoms with Crippen LogP contribution >= 0.6 is 0 Å². The van der Waals surface area contributed by atoms with Crippen LogP contribution in [0.1, 0.15) is 48.5 Å². The first kappa shape index (κ1) is 14.6. The second kappa shape index (κ2) is 5.45. The smallest absolute Gasteiger partial charge is 0.186 e. The SMILES string of the molecule is CC1CCCC(C(=O)c2cccc3c2OCC3)(N(C)C)C1. The third-order valence-electron chi connectivity index (χ3n) is 5.21. The number of hydrogen-bond donors (Lipinski definition) is 0. The van der Waals surface area contributed by atoms with Crippen molar-refractivity contribution in [2.75, 3.05) is 20.7 Å². The lowest BCUT2D eigenvalue weighted by atomic mass is 9.71. The summed E-state index contributed by atoms with van der Waals surface area (Å²) in [4.78, 5) is 15.5. The Labute approximate surface area is 127 Å². The van der Waals surface area contributed by atoms with Crippen molar-refractivity contribution in [1.29, 1.82) is 0 Å². The van der Waals surface area contributed by atoms with Crippen LogP contribution in [-0.4, -0.2) is 36.9 Å². The van der Waals surface area contributed by atoms with Crippen LogP contribution in [0.2, 0.25) is 0 Å². The highest BCUT2D eigenvalue weighted by molar-refractivity contribution is 6.05. The van der Waals surface area contributed by atoms with Gasteiger partial charge in [-0.2, -0.15) is 0 Å². The van der Waals surface area contributed by atoms with Crippen molar-refractivity contribution in [3.8, 4) is 5.75 Å². The molecule has 2 aliphatic rings. The number of para-hydroxylation sites is 1. The number of fused-ring (bicyclic) bond motifs is 1. The maximum Gasteiger partial charge on any atom is 0.186 e. The van der Waals surface area contributed by atoms with E-state index in [9.17, 15) is 4.79 Å². The molecule has 1 aromatic carbocycles. The Balaban J connectivity index is 2.01. The van der Waals surface area contributed by atoms with Crippen LogP contribution in [0.3, 0.4) is 0 Å². The van der Waals surface area contributed by atoms with Gasteiger partial charge in [0.05, 0.1) is 17.7 Å². The summed E-state index contributed by atoms with van der Waals surface area (Å²) in [7, 11) is 4.08. The lowest BCUT2D eigenvalue weighted by molar-refractivity contribution is 0.0483. The summed E-state index contributed by atoms with van der Waals surface area (Å²) in [6.45, 7) is 2.96. The number of rotatable bonds is 3. The molecule has 21 heavy (non-hydrogen) atoms. The molecule has 1 aliphatic carbocycles. The van der Waals surface area contributed by atoms with Crippen molar-refractivity contribution >= 4 is 5.78 Å². The van der Waals surface area contributed by atoms with Crippen molar-refractivity contribution in [3.05, 3.63) is 29.3 Å². The predicted molar refractivity (Wildman–Crippen MR) is 84.0 cm³/mol. The molecule has 1 aromatic rings. The lowest BCUT2D eigenvalue weighted by Gasteiger charge is -2.44. The molecule has 1 aliphatic heterocycles. The zero-order valence-corrected chi connectivity index (χ0v) is 13.3. The topological polar surface area (TPSA) is 29.5 Å². The standard InChI is InChI=1S/C18H25NO2/c1-13-6-5-10-18(12-13,19(2)3)17(20)15-8-4-7-14-9-11-21-16(14)15/h4,7-8,13H,5-6,9-12H2,1-3H3. The van der Waals surface area contributed by atoms with Gasteiger partial charge in [-0.1, -0.05) is 31.9 Å². The van der Waals surface area contributed by atoms with E-state index < -0.39 is 0 Å². The van der Waals surface area contributed by atoms with Gasteiger partial charge in [-0.15, -0.1) is 0 Å². The first-order valence-corrected chi connectivity index (χ1v) is 8.01. The quantitative estimate of drug-likeness (QED) is 0.799. The highest BCUT2D eigenvalue weighted by atomic mass is 16.5. The van der Waals surface area contributed by atoms with E-state index in [4.69, 9.17) is 4.74 Å². The van der Waals surface area contributed by atoms with Crippen LogP contribution in [0, 0.1) is 5.92 Å². The van der Waals surface area contributed by atoms with Crippen molar-refractivity contribution in [1.82, 2.24) is 4.90 Å². The number of carbonyl (C=O) groups is 1. The molecule has 114 valence electrons. The number of hydrogen-bond acceptors (Lipinski definition) is 3. The third-order valence-corrected chi connectivity index (χ3v) is 5.21. The normalized spacial score (nSPS) is 28.3. The molecule has 0 spiro atoms. The largest absolute Gasteiger partial charge is 0.492 e. The van der Waals surface area contributed by atoms with E-state index in [1.54, 1.807) is 0 Å². The van der Waals surface area contributed by atoms with Crippen molar-refractivity contribution < 1.29 is 9.53 Å². The van der Waals surface area contributed by atoms with Crippen LogP contribution in [0.5, 0.6) is 5.75 Å². The molecule has 0 N–H and O–H groups in total. The molecular weight excluding hydrogens is 262 g/mol. The number of benzene rings is 1. The van der Waals surface area contributed by atoms with Crippen LogP contribution in [0.15, 0.2) is 18.2 Å². The van der Waals surface area contributed by atoms with Gasteiger partial charge in [0.25, 0.3) is 0 Å². The van der Waals surface area contributed by atoms with E-state index in [1.165, 1.54) is 12.0 Å². The minimum Gasteiger partial charge on any atom is -0.492 e. The number of carbonyl (C=O) groups excluding carboxylic acids is 1. The predicted octanol–water partition coefficient (Wildman–Crippen LogP) is 3.31. The zero-order valence-electron chi connectivity index (χ0n) is 13.3. The average molecular weight is 287 g/mol. The molecule has 3 nitrogen and oxygen atoms in total. The van der Waals surface area contributed by atoms with E-state index in [0.29, 0.717) is 12.5 Å². The molecule has 3 rings (SSSR count). The van der Waals surface area contributed by atoms with E-state index in [0.717, 1.165) is 37.0 Å². The summed E-state index contributed by atoms with van der Waals surface area (Å²) in [5.41, 5.74) is 1.60. The fourth-order valence-electron chi connectivity index (χ4n) is 3.98. The summed E-state index contributed by atoms with van der Waals surface area (Å²) < 4.78 is 5.75. The van der Waals surface area contributed by atoms with Crippen LogP contribution in [0.4, 0.5) is 0 Å². The second-order valence-electron chi connectivity index (χ2n) is 6.85. The molecule has 0 saturated heterocycles. The average Bonchev–Trinajstić information content (AvgIpc) is 2.94. The summed E-state index contributed by atoms with van der Waals surface area (Å²) >= 11 is 0. The maximum absolute atomic E-state index is 13.3. The van der Waals surface area contributed by atoms with Gasteiger partial charge in [-0.05, 0) is 44.5 Å². The number of ketones is 1. The van der Waals surface area contributed by atoms with E-state index >= 15 is 0 Å². The molecule has 1 heterocycles. The van der Waals surface area contributed by atoms with E-state index in [2.05, 4.69) is 17.9 Å². The van der Waals surface area contributed by atoms with Crippen molar-refractivity contribution in [2.24, 2.45) is 5.92 Å². The molecule has 1 saturated carbocycles. The van der Waals surface area contributed by atoms with Crippen molar-refractivity contribution in [3.63, 3.8) is 0 Å². The summed E-state index contributed by atoms with van der Waals surface area (Å²) in [5, 5.41) is 0. The number of likely N-dealkylation sites (N-methyl/N-ethyl adjacent to an activating group) is 1. The first-order chi connectivity index (χ1) is 10.0. The maximum atomic E-state index is 13.3. The first-order valence-electron chi connectivity index (χ1n) is 8.01. The van der Waals surface area contributed by atoms with Gasteiger partial charge in [-0.3, -0.25) is 9.69 Å². The van der Waals surface area contributed by atoms with Gasteiger partial charge in [0.15, 0.2) is 5.78 Å². The Morgan fingerprint density at radius 3 is 2.90 bits per heavy atom. The van der Waals surface area contributed by atoms with Crippen LogP contribution in [0.25, 0.3) is 0 Å². The lowest BCUT2D eigenvalue weighted by Crippen LogP contribution is -2.53. The molecule has 0 aromatic heterocycles. The Morgan fingerprint density at radius 2 is 2.19 bits per heavy atom. The Morgan fingerprint density at radius 1 is 1.38 bits per heavy atom. The van der Waals surface area contributed by atoms with Crippen LogP contribution in [-0.2, 0) is 6.42 Å². The summed E-state index contributed by atoms with van der Waals surface area (Å²) in [6, 6.07) is 6.01. The summed E-state index contributed by atoms with van der Waals surface area (Å²) in [5.74, 6) is 1.68. The monoisotopic (exact) mass is 287 g/mol. The third kappa shape index (κ3) is 2.38. The molecule has 0 bridgehead atoms. The minimum atomic E-state index is -0.362. The zero-order chi connectivity index (χ0) is 15.0. The highest BCUT2D eigenvalue weighted by Crippen LogP contribution is 2.41. The second-order valence-corrected chi connectivity index (χ2v) is 6.85. The summed E-state index contributed by atoms with van der Waals surface area (Å²) in [6.07, 6.45) is 5.17. The molecule has 3 heteroatoms. The van der Waals surface area contributed by atoms with Gasteiger partial charge in [0.2, 0.25) is 0 Å². The molecule has 1 fully saturated rings. The fraction of sp³-hybridized carbons (Fsp3) is 0.611. The Bertz CT molecular complexity index is 552. The van der Waals surface area contributed by atoms with Gasteiger partial charge in [0.1, 0.15) is 5.75 Å². The molecular formula is C18H25NO2. The number of ether oxygens (including phenoxy) is 1. The van der Waals surface area contributed by atoms with E-state index in [-0.39, 0.29) is 11.3 Å². The molecule has 0 amide bonds. The van der Waals surface area contributed by atoms with E-state index in [1.807, 2.05) is 26.2 Å². The molecule has 2 unspecified atom stereocenters. The molecule has 2 atom stereocenters. The number of nitrogens with zero attached hydrogens (tertiary/aromatic N) is 1. The van der Waals surface area contributed by atoms with Gasteiger partial charge < -0.3 is 4.74 Å². The van der Waals surface area contributed by atoms with Gasteiger partial charge in [0, 0.05) is 6.42 Å². The van der Waals surface area contributed by atoms with Gasteiger partial charge >= 0.3 is 0 Å². The molecule has 0 radical (unpaired) electrons. The number of Topliss-reactive ketones (excluding diaryl/α,β-unsaturated/α-hetero) is 1.